The quantitative estimate of drug-likeness (QED) is 0.106. The van der Waals surface area contributed by atoms with Gasteiger partial charge in [-0.3, -0.25) is 14.6 Å². The Morgan fingerprint density at radius 3 is 2.20 bits per heavy atom. The van der Waals surface area contributed by atoms with Gasteiger partial charge in [0.05, 0.1) is 24.1 Å². The lowest BCUT2D eigenvalue weighted by molar-refractivity contribution is -0.429. The summed E-state index contributed by atoms with van der Waals surface area (Å²) in [6.07, 6.45) is -4.38. The average Bonchev–Trinajstić information content (AvgIpc) is 3.12. The predicted molar refractivity (Wildman–Crippen MR) is 125 cm³/mol. The maximum Gasteiger partial charge on any atom is 0.490 e. The van der Waals surface area contributed by atoms with E-state index < -0.39 is 87.3 Å². The van der Waals surface area contributed by atoms with E-state index in [2.05, 4.69) is 18.1 Å². The zero-order valence-corrected chi connectivity index (χ0v) is 22.0. The predicted octanol–water partition coefficient (Wildman–Crippen LogP) is -0.164. The van der Waals surface area contributed by atoms with Gasteiger partial charge in [-0.2, -0.15) is 8.62 Å². The monoisotopic (exact) mass is 633 g/mol. The molecule has 2 unspecified atom stereocenters. The number of aromatic nitrogens is 2. The molecule has 0 bridgehead atoms. The molecule has 0 amide bonds. The molecular formula is C15H18N5O17P3. The van der Waals surface area contributed by atoms with E-state index in [1.165, 1.54) is 30.3 Å². The third-order valence-electron chi connectivity index (χ3n) is 5.09. The van der Waals surface area contributed by atoms with Crippen LogP contribution < -0.4 is 11.4 Å². The largest absolute Gasteiger partial charge is 0.490 e. The summed E-state index contributed by atoms with van der Waals surface area (Å²) >= 11 is 0. The molecule has 0 saturated carbocycles. The summed E-state index contributed by atoms with van der Waals surface area (Å²) in [5.74, 6) is -2.57. The number of hydrogen-bond donors (Lipinski definition) is 6. The molecule has 1 aliphatic heterocycles. The Morgan fingerprint density at radius 1 is 1.07 bits per heavy atom. The van der Waals surface area contributed by atoms with Gasteiger partial charge in [-0.05, 0) is 4.92 Å². The van der Waals surface area contributed by atoms with Crippen LogP contribution in [-0.4, -0.2) is 62.9 Å². The minimum absolute atomic E-state index is 0.0963. The summed E-state index contributed by atoms with van der Waals surface area (Å²) < 4.78 is 51.9. The molecule has 3 rings (SSSR count). The topological polar surface area (TPSA) is 336 Å². The minimum atomic E-state index is -5.89. The van der Waals surface area contributed by atoms with Crippen molar-refractivity contribution in [3.05, 3.63) is 66.6 Å². The number of nitrogen functional groups attached to an aromatic ring is 1. The number of benzene rings is 1. The number of nitro groups is 2. The van der Waals surface area contributed by atoms with E-state index in [0.717, 1.165) is 0 Å². The highest BCUT2D eigenvalue weighted by atomic mass is 31.3. The number of nitrogens with zero attached hydrogens (tertiary/aromatic N) is 4. The standard InChI is InChI=1S/C15H18N5O17P3/c16-12-11(19(23)24)13(20(25)26)18(14(22)17-12)15(8-4-2-1-3-5-8)6-9(21)10(35-15)7-34-39(30,31)37-40(32,33)36-38(27,28)29/h1-5,9-10,21H,6-7H2,(H,30,31)(H,32,33)(H2,16,17,22)(H2,27,28,29)/t9-,10+,15-/m0/s1. The molecule has 25 heteroatoms. The Kier molecular flexibility index (Phi) is 8.78. The molecule has 0 aliphatic carbocycles. The molecule has 1 fully saturated rings. The lowest BCUT2D eigenvalue weighted by Crippen LogP contribution is -2.45. The van der Waals surface area contributed by atoms with Gasteiger partial charge >= 0.3 is 40.7 Å². The minimum Gasteiger partial charge on any atom is -0.390 e. The molecule has 22 nitrogen and oxygen atoms in total. The molecule has 0 spiro atoms. The molecular weight excluding hydrogens is 615 g/mol. The third-order valence-corrected chi connectivity index (χ3v) is 8.90. The van der Waals surface area contributed by atoms with Crippen LogP contribution in [-0.2, 0) is 37.3 Å². The average molecular weight is 633 g/mol. The summed E-state index contributed by atoms with van der Waals surface area (Å²) in [6.45, 7) is -1.22. The maximum absolute atomic E-state index is 12.9. The second-order valence-electron chi connectivity index (χ2n) is 7.77. The SMILES string of the molecule is Nc1nc(=O)n([C@@]2(c3ccccc3)C[C@H](O)[C@@H](COP(=O)(O)OP(=O)(O)OP(=O)(O)O)O2)c([N+](=O)[O-])c1[N+](=O)[O-]. The molecule has 2 heterocycles. The Morgan fingerprint density at radius 2 is 1.68 bits per heavy atom. The van der Waals surface area contributed by atoms with Crippen molar-refractivity contribution in [2.75, 3.05) is 12.3 Å². The molecule has 40 heavy (non-hydrogen) atoms. The van der Waals surface area contributed by atoms with Gasteiger partial charge < -0.3 is 45.3 Å². The Bertz CT molecular complexity index is 1530. The van der Waals surface area contributed by atoms with E-state index in [4.69, 9.17) is 20.3 Å². The Hall–Kier alpha value is -2.97. The van der Waals surface area contributed by atoms with Crippen LogP contribution in [0.25, 0.3) is 0 Å². The highest BCUT2D eigenvalue weighted by molar-refractivity contribution is 7.66. The van der Waals surface area contributed by atoms with E-state index in [9.17, 15) is 53.6 Å². The fourth-order valence-corrected chi connectivity index (χ4v) is 6.78. The first kappa shape index (κ1) is 31.6. The van der Waals surface area contributed by atoms with Crippen LogP contribution in [0, 0.1) is 20.2 Å². The lowest BCUT2D eigenvalue weighted by Gasteiger charge is -2.27. The second-order valence-corrected chi connectivity index (χ2v) is 12.2. The van der Waals surface area contributed by atoms with E-state index in [-0.39, 0.29) is 10.1 Å². The second kappa shape index (κ2) is 11.1. The van der Waals surface area contributed by atoms with E-state index in [1.54, 1.807) is 0 Å². The van der Waals surface area contributed by atoms with Crippen LogP contribution in [0.15, 0.2) is 35.1 Å². The number of aliphatic hydroxyl groups excluding tert-OH is 1. The lowest BCUT2D eigenvalue weighted by atomic mass is 9.97. The van der Waals surface area contributed by atoms with Gasteiger partial charge in [0.15, 0.2) is 0 Å². The number of hydrogen-bond acceptors (Lipinski definition) is 15. The number of ether oxygens (including phenoxy) is 1. The van der Waals surface area contributed by atoms with Crippen molar-refractivity contribution in [2.45, 2.75) is 24.4 Å². The van der Waals surface area contributed by atoms with Crippen molar-refractivity contribution in [1.29, 1.82) is 0 Å². The van der Waals surface area contributed by atoms with Crippen LogP contribution in [0.4, 0.5) is 17.3 Å². The van der Waals surface area contributed by atoms with Crippen LogP contribution >= 0.6 is 23.5 Å². The molecule has 1 aliphatic rings. The Balaban J connectivity index is 2.06. The van der Waals surface area contributed by atoms with Crippen molar-refractivity contribution in [2.24, 2.45) is 0 Å². The van der Waals surface area contributed by atoms with Gasteiger partial charge in [0, 0.05) is 5.56 Å². The number of phosphoric acid groups is 3. The first-order valence-corrected chi connectivity index (χ1v) is 14.7. The van der Waals surface area contributed by atoms with Crippen molar-refractivity contribution in [3.63, 3.8) is 0 Å². The number of phosphoric ester groups is 1. The van der Waals surface area contributed by atoms with Crippen molar-refractivity contribution < 1.29 is 66.1 Å². The van der Waals surface area contributed by atoms with E-state index in [1.807, 2.05) is 0 Å². The van der Waals surface area contributed by atoms with Crippen LogP contribution in [0.2, 0.25) is 0 Å². The highest BCUT2D eigenvalue weighted by Gasteiger charge is 2.57. The smallest absolute Gasteiger partial charge is 0.390 e. The Labute approximate surface area is 220 Å². The third kappa shape index (κ3) is 6.84. The molecule has 1 aromatic heterocycles. The summed E-state index contributed by atoms with van der Waals surface area (Å²) in [7, 11) is -17.3. The van der Waals surface area contributed by atoms with Gasteiger partial charge in [0.25, 0.3) is 0 Å². The fourth-order valence-electron chi connectivity index (χ4n) is 3.75. The number of anilines is 1. The molecule has 0 radical (unpaired) electrons. The van der Waals surface area contributed by atoms with Gasteiger partial charge in [0.1, 0.15) is 6.10 Å². The summed E-state index contributed by atoms with van der Waals surface area (Å²) in [5, 5.41) is 34.2. The zero-order valence-electron chi connectivity index (χ0n) is 19.3. The summed E-state index contributed by atoms with van der Waals surface area (Å²) in [4.78, 5) is 73.3. The van der Waals surface area contributed by atoms with Crippen LogP contribution in [0.5, 0.6) is 0 Å². The van der Waals surface area contributed by atoms with Gasteiger partial charge in [0.2, 0.25) is 11.5 Å². The number of nitrogens with two attached hydrogens (primary N) is 1. The number of rotatable bonds is 11. The highest BCUT2D eigenvalue weighted by Crippen LogP contribution is 2.66. The first-order valence-electron chi connectivity index (χ1n) is 10.2. The fraction of sp³-hybridized carbons (Fsp3) is 0.333. The van der Waals surface area contributed by atoms with Gasteiger partial charge in [-0.15, -0.1) is 9.55 Å². The molecule has 2 aromatic rings. The maximum atomic E-state index is 12.9. The zero-order chi connectivity index (χ0) is 30.3. The van der Waals surface area contributed by atoms with Crippen molar-refractivity contribution in [1.82, 2.24) is 9.55 Å². The number of aliphatic hydroxyl groups is 1. The molecule has 220 valence electrons. The molecule has 7 N–H and O–H groups in total. The summed E-state index contributed by atoms with van der Waals surface area (Å²) in [5.41, 5.74) is -0.0322. The van der Waals surface area contributed by atoms with Crippen LogP contribution in [0.1, 0.15) is 12.0 Å². The summed E-state index contributed by atoms with van der Waals surface area (Å²) in [6, 6.07) is 6.76. The first-order chi connectivity index (χ1) is 18.3. The van der Waals surface area contributed by atoms with E-state index in [0.29, 0.717) is 0 Å². The van der Waals surface area contributed by atoms with E-state index >= 15 is 0 Å². The normalized spacial score (nSPS) is 24.2. The van der Waals surface area contributed by atoms with Crippen molar-refractivity contribution in [3.8, 4) is 0 Å². The van der Waals surface area contributed by atoms with Gasteiger partial charge in [-0.25, -0.2) is 18.5 Å². The van der Waals surface area contributed by atoms with Gasteiger partial charge in [-0.1, -0.05) is 30.3 Å². The molecule has 1 aromatic carbocycles. The molecule has 1 saturated heterocycles. The van der Waals surface area contributed by atoms with Crippen LogP contribution in [0.3, 0.4) is 0 Å². The van der Waals surface area contributed by atoms with Crippen molar-refractivity contribution >= 4 is 40.8 Å². The molecule has 5 atom stereocenters.